The molecule has 0 aliphatic rings. The highest BCUT2D eigenvalue weighted by Crippen LogP contribution is 2.25. The van der Waals surface area contributed by atoms with Crippen molar-refractivity contribution in [2.75, 3.05) is 24.8 Å². The number of amides is 1. The van der Waals surface area contributed by atoms with Crippen LogP contribution in [0.2, 0.25) is 0 Å². The van der Waals surface area contributed by atoms with Crippen molar-refractivity contribution >= 4 is 34.1 Å². The summed E-state index contributed by atoms with van der Waals surface area (Å²) in [5.74, 6) is 0.117. The number of anilines is 1. The lowest BCUT2D eigenvalue weighted by molar-refractivity contribution is -0.113. The molecule has 7 nitrogen and oxygen atoms in total. The van der Waals surface area contributed by atoms with Crippen molar-refractivity contribution in [3.05, 3.63) is 41.5 Å². The third-order valence-corrected chi connectivity index (χ3v) is 5.29. The van der Waals surface area contributed by atoms with Crippen LogP contribution in [0.25, 0.3) is 11.3 Å². The summed E-state index contributed by atoms with van der Waals surface area (Å²) in [4.78, 5) is 16.7. The first-order chi connectivity index (χ1) is 12.7. The summed E-state index contributed by atoms with van der Waals surface area (Å²) < 4.78 is 6.91. The number of carbonyl (C=O) groups is 1. The zero-order chi connectivity index (χ0) is 18.4. The summed E-state index contributed by atoms with van der Waals surface area (Å²) in [5.41, 5.74) is 3.10. The second-order valence-corrected chi connectivity index (χ2v) is 7.34. The molecule has 0 unspecified atom stereocenters. The fraction of sp³-hybridized carbons (Fsp3) is 0.294. The van der Waals surface area contributed by atoms with E-state index in [2.05, 4.69) is 20.5 Å². The second kappa shape index (κ2) is 8.93. The van der Waals surface area contributed by atoms with Gasteiger partial charge in [0, 0.05) is 24.6 Å². The summed E-state index contributed by atoms with van der Waals surface area (Å²) in [6.45, 7) is 3.27. The molecule has 0 saturated heterocycles. The largest absolute Gasteiger partial charge is 0.383 e. The molecule has 9 heteroatoms. The Bertz CT molecular complexity index is 860. The van der Waals surface area contributed by atoms with Gasteiger partial charge >= 0.3 is 0 Å². The van der Waals surface area contributed by atoms with Crippen LogP contribution < -0.4 is 5.32 Å². The average molecular weight is 390 g/mol. The van der Waals surface area contributed by atoms with Crippen LogP contribution in [0.4, 0.5) is 5.13 Å². The highest BCUT2D eigenvalue weighted by atomic mass is 32.2. The van der Waals surface area contributed by atoms with Gasteiger partial charge < -0.3 is 14.6 Å². The van der Waals surface area contributed by atoms with Crippen molar-refractivity contribution in [2.24, 2.45) is 0 Å². The maximum Gasteiger partial charge on any atom is 0.236 e. The van der Waals surface area contributed by atoms with Gasteiger partial charge in [0.05, 0.1) is 18.1 Å². The molecule has 1 N–H and O–H groups in total. The minimum Gasteiger partial charge on any atom is -0.383 e. The number of nitrogens with one attached hydrogen (secondary N) is 1. The number of aryl methyl sites for hydroxylation is 1. The molecule has 1 aromatic carbocycles. The smallest absolute Gasteiger partial charge is 0.236 e. The van der Waals surface area contributed by atoms with Gasteiger partial charge in [0.1, 0.15) is 6.33 Å². The molecule has 2 aromatic heterocycles. The van der Waals surface area contributed by atoms with Crippen LogP contribution in [0.5, 0.6) is 0 Å². The van der Waals surface area contributed by atoms with E-state index in [1.54, 1.807) is 13.4 Å². The third kappa shape index (κ3) is 4.90. The Hall–Kier alpha value is -2.23. The number of thioether (sulfide) groups is 1. The number of ether oxygens (including phenoxy) is 1. The molecule has 0 fully saturated rings. The number of benzene rings is 1. The van der Waals surface area contributed by atoms with E-state index in [-0.39, 0.29) is 11.7 Å². The van der Waals surface area contributed by atoms with Crippen molar-refractivity contribution in [2.45, 2.75) is 18.6 Å². The molecule has 3 aromatic rings. The lowest BCUT2D eigenvalue weighted by Crippen LogP contribution is -2.14. The second-order valence-electron chi connectivity index (χ2n) is 5.54. The minimum atomic E-state index is -0.124. The standard InChI is InChI=1S/C17H19N5O2S2/c1-12-3-5-13(6-4-12)14-9-25-16(19-14)20-15(23)10-26-17-21-18-11-22(17)7-8-24-2/h3-6,9,11H,7-8,10H2,1-2H3,(H,19,20,23). The molecule has 0 bridgehead atoms. The molecular formula is C17H19N5O2S2. The third-order valence-electron chi connectivity index (χ3n) is 3.55. The summed E-state index contributed by atoms with van der Waals surface area (Å²) in [7, 11) is 1.64. The summed E-state index contributed by atoms with van der Waals surface area (Å²) >= 11 is 2.75. The van der Waals surface area contributed by atoms with Crippen molar-refractivity contribution in [1.82, 2.24) is 19.7 Å². The number of hydrogen-bond acceptors (Lipinski definition) is 7. The predicted molar refractivity (Wildman–Crippen MR) is 104 cm³/mol. The van der Waals surface area contributed by atoms with Crippen molar-refractivity contribution < 1.29 is 9.53 Å². The van der Waals surface area contributed by atoms with Gasteiger partial charge in [0.15, 0.2) is 10.3 Å². The summed E-state index contributed by atoms with van der Waals surface area (Å²) in [6.07, 6.45) is 1.63. The molecule has 3 rings (SSSR count). The van der Waals surface area contributed by atoms with Gasteiger partial charge in [-0.15, -0.1) is 21.5 Å². The predicted octanol–water partition coefficient (Wildman–Crippen LogP) is 3.09. The van der Waals surface area contributed by atoms with Crippen LogP contribution in [0.15, 0.2) is 41.1 Å². The van der Waals surface area contributed by atoms with Crippen LogP contribution in [0, 0.1) is 6.92 Å². The van der Waals surface area contributed by atoms with Crippen LogP contribution in [0.1, 0.15) is 5.56 Å². The number of carbonyl (C=O) groups excluding carboxylic acids is 1. The number of rotatable bonds is 8. The molecule has 136 valence electrons. The van der Waals surface area contributed by atoms with E-state index in [9.17, 15) is 4.79 Å². The van der Waals surface area contributed by atoms with E-state index in [4.69, 9.17) is 4.74 Å². The molecular weight excluding hydrogens is 370 g/mol. The SMILES string of the molecule is COCCn1cnnc1SCC(=O)Nc1nc(-c2ccc(C)cc2)cs1. The monoisotopic (exact) mass is 389 g/mol. The number of aromatic nitrogens is 4. The zero-order valence-corrected chi connectivity index (χ0v) is 16.1. The van der Waals surface area contributed by atoms with E-state index in [0.717, 1.165) is 11.3 Å². The van der Waals surface area contributed by atoms with E-state index in [1.165, 1.54) is 28.7 Å². The number of hydrogen-bond donors (Lipinski definition) is 1. The van der Waals surface area contributed by atoms with Crippen LogP contribution in [-0.4, -0.2) is 45.1 Å². The molecule has 0 radical (unpaired) electrons. The topological polar surface area (TPSA) is 81.9 Å². The maximum absolute atomic E-state index is 12.2. The zero-order valence-electron chi connectivity index (χ0n) is 14.5. The fourth-order valence-corrected chi connectivity index (χ4v) is 3.65. The lowest BCUT2D eigenvalue weighted by Gasteiger charge is -2.05. The Kier molecular flexibility index (Phi) is 6.37. The van der Waals surface area contributed by atoms with E-state index < -0.39 is 0 Å². The van der Waals surface area contributed by atoms with Crippen molar-refractivity contribution in [1.29, 1.82) is 0 Å². The Morgan fingerprint density at radius 3 is 2.92 bits per heavy atom. The molecule has 0 saturated carbocycles. The van der Waals surface area contributed by atoms with Gasteiger partial charge in [-0.05, 0) is 6.92 Å². The highest BCUT2D eigenvalue weighted by Gasteiger charge is 2.11. The van der Waals surface area contributed by atoms with Gasteiger partial charge in [0.25, 0.3) is 0 Å². The van der Waals surface area contributed by atoms with Gasteiger partial charge in [-0.2, -0.15) is 0 Å². The quantitative estimate of drug-likeness (QED) is 0.596. The fourth-order valence-electron chi connectivity index (χ4n) is 2.17. The molecule has 0 aliphatic carbocycles. The Morgan fingerprint density at radius 1 is 1.35 bits per heavy atom. The van der Waals surface area contributed by atoms with Gasteiger partial charge in [-0.1, -0.05) is 41.6 Å². The van der Waals surface area contributed by atoms with Crippen molar-refractivity contribution in [3.63, 3.8) is 0 Å². The molecule has 0 atom stereocenters. The van der Waals surface area contributed by atoms with Gasteiger partial charge in [-0.25, -0.2) is 4.98 Å². The Morgan fingerprint density at radius 2 is 2.15 bits per heavy atom. The van der Waals surface area contributed by atoms with E-state index >= 15 is 0 Å². The first kappa shape index (κ1) is 18.6. The molecule has 0 aliphatic heterocycles. The average Bonchev–Trinajstić information content (AvgIpc) is 3.28. The lowest BCUT2D eigenvalue weighted by atomic mass is 10.1. The van der Waals surface area contributed by atoms with Gasteiger partial charge in [0.2, 0.25) is 5.91 Å². The minimum absolute atomic E-state index is 0.124. The first-order valence-corrected chi connectivity index (χ1v) is 9.84. The van der Waals surface area contributed by atoms with Gasteiger partial charge in [-0.3, -0.25) is 4.79 Å². The normalized spacial score (nSPS) is 10.8. The molecule has 26 heavy (non-hydrogen) atoms. The first-order valence-electron chi connectivity index (χ1n) is 7.97. The van der Waals surface area contributed by atoms with Crippen LogP contribution in [-0.2, 0) is 16.1 Å². The van der Waals surface area contributed by atoms with E-state index in [0.29, 0.717) is 23.4 Å². The summed E-state index contributed by atoms with van der Waals surface area (Å²) in [6, 6.07) is 8.14. The maximum atomic E-state index is 12.2. The summed E-state index contributed by atoms with van der Waals surface area (Å²) in [5, 5.41) is 14.0. The van der Waals surface area contributed by atoms with Crippen molar-refractivity contribution in [3.8, 4) is 11.3 Å². The number of methoxy groups -OCH3 is 1. The Labute approximate surface area is 159 Å². The highest BCUT2D eigenvalue weighted by molar-refractivity contribution is 7.99. The van der Waals surface area contributed by atoms with Crippen LogP contribution >= 0.6 is 23.1 Å². The number of nitrogens with zero attached hydrogens (tertiary/aromatic N) is 4. The molecule has 2 heterocycles. The Balaban J connectivity index is 1.54. The molecule has 1 amide bonds. The number of thiazole rings is 1. The molecule has 0 spiro atoms. The van der Waals surface area contributed by atoms with Crippen LogP contribution in [0.3, 0.4) is 0 Å². The van der Waals surface area contributed by atoms with E-state index in [1.807, 2.05) is 41.1 Å².